The van der Waals surface area contributed by atoms with Gasteiger partial charge in [-0.2, -0.15) is 9.97 Å². The predicted octanol–water partition coefficient (Wildman–Crippen LogP) is 5.38. The number of aromatic nitrogens is 4. The van der Waals surface area contributed by atoms with Crippen LogP contribution in [0.25, 0.3) is 22.3 Å². The highest BCUT2D eigenvalue weighted by Crippen LogP contribution is 2.33. The first-order valence-corrected chi connectivity index (χ1v) is 12.2. The second kappa shape index (κ2) is 9.85. The molecule has 4 aromatic rings. The summed E-state index contributed by atoms with van der Waals surface area (Å²) in [6.45, 7) is 4.44. The Labute approximate surface area is 199 Å². The molecule has 0 bridgehead atoms. The molecule has 5 rings (SSSR count). The summed E-state index contributed by atoms with van der Waals surface area (Å²) >= 11 is 0. The average Bonchev–Trinajstić information content (AvgIpc) is 3.62. The van der Waals surface area contributed by atoms with Crippen LogP contribution in [0.2, 0.25) is 0 Å². The minimum Gasteiger partial charge on any atom is -0.472 e. The zero-order valence-electron chi connectivity index (χ0n) is 19.7. The van der Waals surface area contributed by atoms with Gasteiger partial charge in [0.05, 0.1) is 31.0 Å². The number of benzene rings is 1. The molecule has 0 aliphatic heterocycles. The van der Waals surface area contributed by atoms with Crippen LogP contribution in [0.3, 0.4) is 0 Å². The second-order valence-corrected chi connectivity index (χ2v) is 9.12. The zero-order valence-corrected chi connectivity index (χ0v) is 19.7. The van der Waals surface area contributed by atoms with Gasteiger partial charge in [-0.1, -0.05) is 44.0 Å². The molecule has 3 aromatic heterocycles. The third-order valence-electron chi connectivity index (χ3n) is 6.74. The molecule has 0 saturated heterocycles. The summed E-state index contributed by atoms with van der Waals surface area (Å²) in [4.78, 5) is 14.3. The number of nitrogens with zero attached hydrogens (tertiary/aromatic N) is 4. The standard InChI is InChI=1S/C26H32N6O2/c1-3-22(17(2)33)29-26-30-24(23-25(31-26)32(16-28-23)21-6-4-5-7-21)27-14-18-8-10-19(11-9-18)20-12-13-34-15-20/h8-13,15-17,21-22,33H,3-7,14H2,1-2H3,(H2,27,29,30,31). The maximum Gasteiger partial charge on any atom is 0.227 e. The molecule has 178 valence electrons. The Kier molecular flexibility index (Phi) is 6.49. The number of furan rings is 1. The Balaban J connectivity index is 1.42. The van der Waals surface area contributed by atoms with Gasteiger partial charge in [0.25, 0.3) is 0 Å². The molecule has 0 spiro atoms. The summed E-state index contributed by atoms with van der Waals surface area (Å²) in [5.74, 6) is 1.21. The number of fused-ring (bicyclic) bond motifs is 1. The van der Waals surface area contributed by atoms with Crippen molar-refractivity contribution in [2.75, 3.05) is 10.6 Å². The Morgan fingerprint density at radius 2 is 1.91 bits per heavy atom. The van der Waals surface area contributed by atoms with Crippen LogP contribution in [-0.4, -0.2) is 36.8 Å². The first-order valence-electron chi connectivity index (χ1n) is 12.2. The average molecular weight is 461 g/mol. The van der Waals surface area contributed by atoms with Crippen LogP contribution in [0.15, 0.2) is 53.6 Å². The van der Waals surface area contributed by atoms with Gasteiger partial charge in [0.1, 0.15) is 0 Å². The summed E-state index contributed by atoms with van der Waals surface area (Å²) in [5, 5.41) is 16.9. The van der Waals surface area contributed by atoms with Crippen molar-refractivity contribution in [3.8, 4) is 11.1 Å². The van der Waals surface area contributed by atoms with E-state index in [4.69, 9.17) is 14.4 Å². The zero-order chi connectivity index (χ0) is 23.5. The lowest BCUT2D eigenvalue weighted by Crippen LogP contribution is -2.31. The van der Waals surface area contributed by atoms with Gasteiger partial charge in [-0.15, -0.1) is 0 Å². The van der Waals surface area contributed by atoms with Crippen LogP contribution >= 0.6 is 0 Å². The highest BCUT2D eigenvalue weighted by atomic mass is 16.3. The molecule has 8 heteroatoms. The van der Waals surface area contributed by atoms with Crippen LogP contribution in [0.1, 0.15) is 57.6 Å². The van der Waals surface area contributed by atoms with Crippen LogP contribution in [0.5, 0.6) is 0 Å². The maximum absolute atomic E-state index is 10.1. The van der Waals surface area contributed by atoms with Gasteiger partial charge in [0.2, 0.25) is 5.95 Å². The number of anilines is 2. The summed E-state index contributed by atoms with van der Waals surface area (Å²) in [6, 6.07) is 10.6. The van der Waals surface area contributed by atoms with E-state index in [1.165, 1.54) is 12.8 Å². The molecule has 2 unspecified atom stereocenters. The summed E-state index contributed by atoms with van der Waals surface area (Å²) in [7, 11) is 0. The van der Waals surface area contributed by atoms with Crippen LogP contribution in [0, 0.1) is 0 Å². The van der Waals surface area contributed by atoms with Crippen LogP contribution in [0.4, 0.5) is 11.8 Å². The molecule has 34 heavy (non-hydrogen) atoms. The van der Waals surface area contributed by atoms with Crippen molar-refractivity contribution in [3.05, 3.63) is 54.7 Å². The lowest BCUT2D eigenvalue weighted by molar-refractivity contribution is 0.169. The summed E-state index contributed by atoms with van der Waals surface area (Å²) in [5.41, 5.74) is 4.93. The molecule has 1 aliphatic carbocycles. The molecule has 8 nitrogen and oxygen atoms in total. The SMILES string of the molecule is CCC(Nc1nc(NCc2ccc(-c3ccoc3)cc2)c2ncn(C3CCCC3)c2n1)C(C)O. The molecule has 1 aromatic carbocycles. The molecule has 0 amide bonds. The van der Waals surface area contributed by atoms with E-state index in [0.717, 1.165) is 47.1 Å². The number of hydrogen-bond acceptors (Lipinski definition) is 7. The van der Waals surface area contributed by atoms with Crippen LogP contribution in [-0.2, 0) is 6.54 Å². The smallest absolute Gasteiger partial charge is 0.227 e. The molecule has 0 radical (unpaired) electrons. The van der Waals surface area contributed by atoms with E-state index in [1.54, 1.807) is 19.5 Å². The highest BCUT2D eigenvalue weighted by molar-refractivity contribution is 5.84. The number of nitrogens with one attached hydrogen (secondary N) is 2. The van der Waals surface area contributed by atoms with Crippen molar-refractivity contribution in [1.82, 2.24) is 19.5 Å². The normalized spacial score (nSPS) is 16.1. The Morgan fingerprint density at radius 1 is 1.12 bits per heavy atom. The summed E-state index contributed by atoms with van der Waals surface area (Å²) in [6.07, 6.45) is 10.4. The predicted molar refractivity (Wildman–Crippen MR) is 134 cm³/mol. The lowest BCUT2D eigenvalue weighted by atomic mass is 10.1. The van der Waals surface area contributed by atoms with E-state index < -0.39 is 6.10 Å². The molecule has 1 aliphatic rings. The second-order valence-electron chi connectivity index (χ2n) is 9.12. The van der Waals surface area contributed by atoms with E-state index in [1.807, 2.05) is 19.3 Å². The molecule has 1 fully saturated rings. The van der Waals surface area contributed by atoms with E-state index in [-0.39, 0.29) is 6.04 Å². The van der Waals surface area contributed by atoms with Gasteiger partial charge in [-0.3, -0.25) is 0 Å². The van der Waals surface area contributed by atoms with Crippen molar-refractivity contribution < 1.29 is 9.52 Å². The van der Waals surface area contributed by atoms with Crippen molar-refractivity contribution >= 4 is 22.9 Å². The number of aliphatic hydroxyl groups is 1. The Morgan fingerprint density at radius 3 is 2.59 bits per heavy atom. The van der Waals surface area contributed by atoms with E-state index >= 15 is 0 Å². The molecule has 3 heterocycles. The van der Waals surface area contributed by atoms with Crippen LogP contribution < -0.4 is 10.6 Å². The molecule has 1 saturated carbocycles. The van der Waals surface area contributed by atoms with Crippen molar-refractivity contribution in [1.29, 1.82) is 0 Å². The number of aliphatic hydroxyl groups excluding tert-OH is 1. The number of imidazole rings is 1. The fraction of sp³-hybridized carbons (Fsp3) is 0.423. The topological polar surface area (TPSA) is 101 Å². The monoisotopic (exact) mass is 460 g/mol. The minimum atomic E-state index is -0.505. The number of rotatable bonds is 9. The Hall–Kier alpha value is -3.39. The number of hydrogen-bond donors (Lipinski definition) is 3. The largest absolute Gasteiger partial charge is 0.472 e. The van der Waals surface area contributed by atoms with Gasteiger partial charge in [0.15, 0.2) is 17.0 Å². The fourth-order valence-corrected chi connectivity index (χ4v) is 4.71. The van der Waals surface area contributed by atoms with Gasteiger partial charge in [-0.05, 0) is 43.4 Å². The third-order valence-corrected chi connectivity index (χ3v) is 6.74. The quantitative estimate of drug-likeness (QED) is 0.308. The third kappa shape index (κ3) is 4.63. The molecule has 2 atom stereocenters. The van der Waals surface area contributed by atoms with E-state index in [2.05, 4.69) is 44.5 Å². The van der Waals surface area contributed by atoms with E-state index in [9.17, 15) is 5.11 Å². The van der Waals surface area contributed by atoms with E-state index in [0.29, 0.717) is 24.4 Å². The van der Waals surface area contributed by atoms with Crippen molar-refractivity contribution in [3.63, 3.8) is 0 Å². The first-order chi connectivity index (χ1) is 16.6. The molecular weight excluding hydrogens is 428 g/mol. The van der Waals surface area contributed by atoms with Gasteiger partial charge < -0.3 is 24.7 Å². The minimum absolute atomic E-state index is 0.122. The highest BCUT2D eigenvalue weighted by Gasteiger charge is 2.23. The van der Waals surface area contributed by atoms with Gasteiger partial charge in [0, 0.05) is 18.2 Å². The fourth-order valence-electron chi connectivity index (χ4n) is 4.71. The van der Waals surface area contributed by atoms with Gasteiger partial charge >= 0.3 is 0 Å². The summed E-state index contributed by atoms with van der Waals surface area (Å²) < 4.78 is 7.39. The van der Waals surface area contributed by atoms with Gasteiger partial charge in [-0.25, -0.2) is 4.98 Å². The van der Waals surface area contributed by atoms with Crippen molar-refractivity contribution in [2.45, 2.75) is 70.7 Å². The molecular formula is C26H32N6O2. The van der Waals surface area contributed by atoms with Crippen molar-refractivity contribution in [2.24, 2.45) is 0 Å². The molecule has 3 N–H and O–H groups in total. The Bertz CT molecular complexity index is 1210. The first kappa shape index (κ1) is 22.4. The lowest BCUT2D eigenvalue weighted by Gasteiger charge is -2.20. The maximum atomic E-state index is 10.1.